The minimum atomic E-state index is -0.618. The molecule has 132 valence electrons. The molecule has 0 spiro atoms. The van der Waals surface area contributed by atoms with Crippen molar-refractivity contribution in [2.24, 2.45) is 0 Å². The van der Waals surface area contributed by atoms with Gasteiger partial charge in [-0.15, -0.1) is 0 Å². The van der Waals surface area contributed by atoms with Crippen LogP contribution < -0.4 is 5.32 Å². The van der Waals surface area contributed by atoms with Crippen molar-refractivity contribution in [3.05, 3.63) is 89.6 Å². The van der Waals surface area contributed by atoms with Crippen LogP contribution in [0.15, 0.2) is 76.8 Å². The summed E-state index contributed by atoms with van der Waals surface area (Å²) in [6.07, 6.45) is 2.09. The smallest absolute Gasteiger partial charge is 0.251 e. The van der Waals surface area contributed by atoms with Gasteiger partial charge in [-0.1, -0.05) is 17.8 Å². The Morgan fingerprint density at radius 3 is 2.38 bits per heavy atom. The summed E-state index contributed by atoms with van der Waals surface area (Å²) in [6.45, 7) is 0.298. The normalized spacial score (nSPS) is 10.5. The summed E-state index contributed by atoms with van der Waals surface area (Å²) in [7, 11) is 0. The van der Waals surface area contributed by atoms with E-state index >= 15 is 0 Å². The van der Waals surface area contributed by atoms with Gasteiger partial charge in [0.15, 0.2) is 0 Å². The molecule has 26 heavy (non-hydrogen) atoms. The van der Waals surface area contributed by atoms with Crippen LogP contribution in [0.2, 0.25) is 0 Å². The quantitative estimate of drug-likeness (QED) is 0.695. The van der Waals surface area contributed by atoms with Gasteiger partial charge < -0.3 is 5.32 Å². The van der Waals surface area contributed by atoms with Crippen molar-refractivity contribution in [1.29, 1.82) is 0 Å². The second-order valence-electron chi connectivity index (χ2n) is 5.58. The van der Waals surface area contributed by atoms with E-state index in [4.69, 9.17) is 0 Å². The van der Waals surface area contributed by atoms with E-state index in [9.17, 15) is 13.6 Å². The number of amides is 1. The number of halogens is 2. The number of carbonyl (C=O) groups is 1. The van der Waals surface area contributed by atoms with Crippen molar-refractivity contribution in [3.63, 3.8) is 0 Å². The van der Waals surface area contributed by atoms with Gasteiger partial charge in [-0.25, -0.2) is 13.8 Å². The topological polar surface area (TPSA) is 42.0 Å². The number of carbonyl (C=O) groups excluding carboxylic acids is 1. The first kappa shape index (κ1) is 18.1. The SMILES string of the molecule is O=C(NCCc1cc(F)cc(F)c1)c1ccc(Sc2ccccn2)cc1. The minimum Gasteiger partial charge on any atom is -0.352 e. The summed E-state index contributed by atoms with van der Waals surface area (Å²) < 4.78 is 26.3. The first-order valence-corrected chi connectivity index (χ1v) is 8.84. The predicted molar refractivity (Wildman–Crippen MR) is 97.2 cm³/mol. The molecule has 3 aromatic rings. The second kappa shape index (κ2) is 8.58. The van der Waals surface area contributed by atoms with Crippen molar-refractivity contribution in [2.45, 2.75) is 16.3 Å². The molecule has 2 aromatic carbocycles. The van der Waals surface area contributed by atoms with Gasteiger partial charge in [0.25, 0.3) is 5.91 Å². The summed E-state index contributed by atoms with van der Waals surface area (Å²) >= 11 is 1.51. The average Bonchev–Trinajstić information content (AvgIpc) is 2.62. The van der Waals surface area contributed by atoms with Crippen LogP contribution in [0.25, 0.3) is 0 Å². The van der Waals surface area contributed by atoms with Gasteiger partial charge in [0.2, 0.25) is 0 Å². The van der Waals surface area contributed by atoms with E-state index < -0.39 is 11.6 Å². The van der Waals surface area contributed by atoms with E-state index in [-0.39, 0.29) is 5.91 Å². The molecule has 0 aliphatic carbocycles. The molecule has 1 N–H and O–H groups in total. The standard InChI is InChI=1S/C20H16F2N2OS/c21-16-11-14(12-17(22)13-16)8-10-24-20(25)15-4-6-18(7-5-15)26-19-3-1-2-9-23-19/h1-7,9,11-13H,8,10H2,(H,24,25). The molecule has 0 fully saturated rings. The van der Waals surface area contributed by atoms with Gasteiger partial charge in [0, 0.05) is 29.3 Å². The summed E-state index contributed by atoms with van der Waals surface area (Å²) in [5, 5.41) is 3.63. The molecule has 1 aromatic heterocycles. The van der Waals surface area contributed by atoms with Gasteiger partial charge in [-0.2, -0.15) is 0 Å². The zero-order chi connectivity index (χ0) is 18.4. The summed E-state index contributed by atoms with van der Waals surface area (Å²) in [4.78, 5) is 17.4. The van der Waals surface area contributed by atoms with Crippen LogP contribution in [-0.4, -0.2) is 17.4 Å². The Balaban J connectivity index is 1.53. The number of pyridine rings is 1. The fraction of sp³-hybridized carbons (Fsp3) is 0.100. The first-order chi connectivity index (χ1) is 12.6. The van der Waals surface area contributed by atoms with Crippen molar-refractivity contribution in [2.75, 3.05) is 6.54 Å². The molecule has 1 amide bonds. The molecule has 0 radical (unpaired) electrons. The van der Waals surface area contributed by atoms with Gasteiger partial charge >= 0.3 is 0 Å². The van der Waals surface area contributed by atoms with Crippen LogP contribution >= 0.6 is 11.8 Å². The maximum Gasteiger partial charge on any atom is 0.251 e. The van der Waals surface area contributed by atoms with Crippen LogP contribution in [0.1, 0.15) is 15.9 Å². The predicted octanol–water partition coefficient (Wildman–Crippen LogP) is 4.48. The van der Waals surface area contributed by atoms with E-state index in [0.717, 1.165) is 16.0 Å². The summed E-state index contributed by atoms with van der Waals surface area (Å²) in [6, 6.07) is 16.2. The Hall–Kier alpha value is -2.73. The van der Waals surface area contributed by atoms with E-state index in [1.807, 2.05) is 30.3 Å². The second-order valence-corrected chi connectivity index (χ2v) is 6.67. The third-order valence-electron chi connectivity index (χ3n) is 3.60. The van der Waals surface area contributed by atoms with Crippen molar-refractivity contribution in [3.8, 4) is 0 Å². The summed E-state index contributed by atoms with van der Waals surface area (Å²) in [5.41, 5.74) is 1.03. The Morgan fingerprint density at radius 1 is 1.00 bits per heavy atom. The molecule has 0 bridgehead atoms. The van der Waals surface area contributed by atoms with E-state index in [1.54, 1.807) is 18.3 Å². The monoisotopic (exact) mass is 370 g/mol. The molecule has 3 nitrogen and oxygen atoms in total. The van der Waals surface area contributed by atoms with Crippen molar-refractivity contribution in [1.82, 2.24) is 10.3 Å². The molecular formula is C20H16F2N2OS. The van der Waals surface area contributed by atoms with Gasteiger partial charge in [-0.05, 0) is 60.5 Å². The van der Waals surface area contributed by atoms with Gasteiger partial charge in [-0.3, -0.25) is 4.79 Å². The van der Waals surface area contributed by atoms with E-state index in [2.05, 4.69) is 10.3 Å². The largest absolute Gasteiger partial charge is 0.352 e. The molecule has 0 atom stereocenters. The zero-order valence-electron chi connectivity index (χ0n) is 13.8. The first-order valence-electron chi connectivity index (χ1n) is 8.02. The van der Waals surface area contributed by atoms with E-state index in [1.165, 1.54) is 23.9 Å². The highest BCUT2D eigenvalue weighted by atomic mass is 32.2. The van der Waals surface area contributed by atoms with Crippen LogP contribution in [0.3, 0.4) is 0 Å². The fourth-order valence-corrected chi connectivity index (χ4v) is 3.15. The number of hydrogen-bond acceptors (Lipinski definition) is 3. The maximum atomic E-state index is 13.1. The highest BCUT2D eigenvalue weighted by Gasteiger charge is 2.07. The number of hydrogen-bond donors (Lipinski definition) is 1. The lowest BCUT2D eigenvalue weighted by Gasteiger charge is -2.07. The van der Waals surface area contributed by atoms with Crippen LogP contribution in [0.5, 0.6) is 0 Å². The molecule has 3 rings (SSSR count). The number of benzene rings is 2. The zero-order valence-corrected chi connectivity index (χ0v) is 14.6. The fourth-order valence-electron chi connectivity index (χ4n) is 2.38. The highest BCUT2D eigenvalue weighted by molar-refractivity contribution is 7.99. The third kappa shape index (κ3) is 5.13. The number of nitrogens with zero attached hydrogens (tertiary/aromatic N) is 1. The molecule has 6 heteroatoms. The number of aromatic nitrogens is 1. The molecule has 0 aliphatic heterocycles. The minimum absolute atomic E-state index is 0.226. The summed E-state index contributed by atoms with van der Waals surface area (Å²) in [5.74, 6) is -1.46. The van der Waals surface area contributed by atoms with Crippen molar-refractivity contribution < 1.29 is 13.6 Å². The highest BCUT2D eigenvalue weighted by Crippen LogP contribution is 2.25. The Bertz CT molecular complexity index is 866. The van der Waals surface area contributed by atoms with Crippen LogP contribution in [-0.2, 0) is 6.42 Å². The molecule has 0 saturated heterocycles. The maximum absolute atomic E-state index is 13.1. The molecule has 0 saturated carbocycles. The van der Waals surface area contributed by atoms with Gasteiger partial charge in [0.1, 0.15) is 16.7 Å². The average molecular weight is 370 g/mol. The van der Waals surface area contributed by atoms with Crippen LogP contribution in [0.4, 0.5) is 8.78 Å². The molecular weight excluding hydrogens is 354 g/mol. The Morgan fingerprint density at radius 2 is 1.73 bits per heavy atom. The number of rotatable bonds is 6. The lowest BCUT2D eigenvalue weighted by atomic mass is 10.1. The Labute approximate surface area is 154 Å². The number of nitrogens with one attached hydrogen (secondary N) is 1. The third-order valence-corrected chi connectivity index (χ3v) is 4.56. The van der Waals surface area contributed by atoms with Crippen LogP contribution in [0, 0.1) is 11.6 Å². The molecule has 1 heterocycles. The van der Waals surface area contributed by atoms with E-state index in [0.29, 0.717) is 24.1 Å². The molecule has 0 unspecified atom stereocenters. The van der Waals surface area contributed by atoms with Gasteiger partial charge in [0.05, 0.1) is 0 Å². The Kier molecular flexibility index (Phi) is 5.96. The lowest BCUT2D eigenvalue weighted by molar-refractivity contribution is 0.0954. The van der Waals surface area contributed by atoms with Crippen molar-refractivity contribution >= 4 is 17.7 Å². The molecule has 0 aliphatic rings. The lowest BCUT2D eigenvalue weighted by Crippen LogP contribution is -2.25.